The van der Waals surface area contributed by atoms with Crippen LogP contribution >= 0.6 is 15.9 Å². The number of hydrogen-bond acceptors (Lipinski definition) is 6. The smallest absolute Gasteiger partial charge is 0.161 e. The summed E-state index contributed by atoms with van der Waals surface area (Å²) in [5, 5.41) is 14.2. The van der Waals surface area contributed by atoms with E-state index in [2.05, 4.69) is 36.4 Å². The number of anilines is 1. The van der Waals surface area contributed by atoms with E-state index in [0.29, 0.717) is 29.6 Å². The number of hydrazone groups is 1. The number of aromatic hydroxyl groups is 1. The van der Waals surface area contributed by atoms with Crippen LogP contribution in [-0.4, -0.2) is 27.9 Å². The van der Waals surface area contributed by atoms with Crippen LogP contribution in [0.2, 0.25) is 0 Å². The molecule has 0 aliphatic carbocycles. The molecular formula is C20H19BrN4O2. The molecule has 1 heterocycles. The van der Waals surface area contributed by atoms with Gasteiger partial charge in [0, 0.05) is 33.4 Å². The van der Waals surface area contributed by atoms with Crippen LogP contribution in [0.25, 0.3) is 11.4 Å². The molecule has 0 aliphatic heterocycles. The lowest BCUT2D eigenvalue weighted by Gasteiger charge is -2.06. The first-order valence-electron chi connectivity index (χ1n) is 8.41. The molecule has 3 aromatic rings. The summed E-state index contributed by atoms with van der Waals surface area (Å²) in [6.07, 6.45) is 1.53. The summed E-state index contributed by atoms with van der Waals surface area (Å²) in [6, 6.07) is 14.7. The predicted octanol–water partition coefficient (Wildman–Crippen LogP) is 4.76. The van der Waals surface area contributed by atoms with E-state index in [1.807, 2.05) is 38.1 Å². The zero-order valence-corrected chi connectivity index (χ0v) is 16.6. The molecule has 0 atom stereocenters. The van der Waals surface area contributed by atoms with E-state index >= 15 is 0 Å². The molecule has 0 saturated heterocycles. The molecule has 0 radical (unpaired) electrons. The third kappa shape index (κ3) is 5.04. The van der Waals surface area contributed by atoms with Crippen LogP contribution in [0.4, 0.5) is 5.82 Å². The molecule has 0 saturated carbocycles. The molecule has 6 nitrogen and oxygen atoms in total. The predicted molar refractivity (Wildman–Crippen MR) is 110 cm³/mol. The van der Waals surface area contributed by atoms with Crippen molar-refractivity contribution in [3.63, 3.8) is 0 Å². The molecule has 0 unspecified atom stereocenters. The summed E-state index contributed by atoms with van der Waals surface area (Å²) in [5.74, 6) is 1.90. The number of rotatable bonds is 6. The SMILES string of the molecule is CCOc1ccc(C=NNc2cc(C)nc(-c3ccc(Br)cc3)n2)c(O)c1. The maximum atomic E-state index is 10.0. The molecular weight excluding hydrogens is 408 g/mol. The van der Waals surface area contributed by atoms with Gasteiger partial charge in [0.2, 0.25) is 0 Å². The highest BCUT2D eigenvalue weighted by atomic mass is 79.9. The van der Waals surface area contributed by atoms with E-state index < -0.39 is 0 Å². The van der Waals surface area contributed by atoms with E-state index in [9.17, 15) is 5.11 Å². The van der Waals surface area contributed by atoms with Crippen molar-refractivity contribution < 1.29 is 9.84 Å². The molecule has 0 amide bonds. The standard InChI is InChI=1S/C20H19BrN4O2/c1-3-27-17-9-6-15(18(26)11-17)12-22-25-19-10-13(2)23-20(24-19)14-4-7-16(21)8-5-14/h4-12,26H,3H2,1-2H3,(H,23,24,25). The van der Waals surface area contributed by atoms with Crippen LogP contribution in [0.15, 0.2) is 58.1 Å². The van der Waals surface area contributed by atoms with Crippen LogP contribution in [0.5, 0.6) is 11.5 Å². The first-order valence-corrected chi connectivity index (χ1v) is 9.21. The minimum atomic E-state index is 0.0981. The monoisotopic (exact) mass is 426 g/mol. The second-order valence-corrected chi connectivity index (χ2v) is 6.66. The van der Waals surface area contributed by atoms with Gasteiger partial charge in [0.25, 0.3) is 0 Å². The average molecular weight is 427 g/mol. The second kappa shape index (κ2) is 8.64. The Labute approximate surface area is 166 Å². The molecule has 0 spiro atoms. The second-order valence-electron chi connectivity index (χ2n) is 5.75. The lowest BCUT2D eigenvalue weighted by molar-refractivity contribution is 0.337. The number of halogens is 1. The largest absolute Gasteiger partial charge is 0.507 e. The van der Waals surface area contributed by atoms with Gasteiger partial charge in [0.05, 0.1) is 12.8 Å². The maximum absolute atomic E-state index is 10.0. The van der Waals surface area contributed by atoms with Crippen molar-refractivity contribution in [3.05, 3.63) is 64.3 Å². The van der Waals surface area contributed by atoms with E-state index in [4.69, 9.17) is 4.74 Å². The van der Waals surface area contributed by atoms with E-state index in [0.717, 1.165) is 15.7 Å². The van der Waals surface area contributed by atoms with E-state index in [1.165, 1.54) is 6.21 Å². The summed E-state index contributed by atoms with van der Waals surface area (Å²) in [6.45, 7) is 4.34. The van der Waals surface area contributed by atoms with Gasteiger partial charge in [-0.15, -0.1) is 0 Å². The van der Waals surface area contributed by atoms with Crippen molar-refractivity contribution in [3.8, 4) is 22.9 Å². The van der Waals surface area contributed by atoms with E-state index in [-0.39, 0.29) is 5.75 Å². The first kappa shape index (κ1) is 18.8. The molecule has 138 valence electrons. The summed E-state index contributed by atoms with van der Waals surface area (Å²) in [5.41, 5.74) is 5.20. The van der Waals surface area contributed by atoms with Crippen molar-refractivity contribution in [1.29, 1.82) is 0 Å². The highest BCUT2D eigenvalue weighted by molar-refractivity contribution is 9.10. The lowest BCUT2D eigenvalue weighted by atomic mass is 10.2. The van der Waals surface area contributed by atoms with Gasteiger partial charge in [-0.25, -0.2) is 9.97 Å². The molecule has 27 heavy (non-hydrogen) atoms. The number of phenolic OH excluding ortho intramolecular Hbond substituents is 1. The zero-order valence-electron chi connectivity index (χ0n) is 15.0. The quantitative estimate of drug-likeness (QED) is 0.438. The van der Waals surface area contributed by atoms with Gasteiger partial charge in [-0.2, -0.15) is 5.10 Å². The number of aromatic nitrogens is 2. The summed E-state index contributed by atoms with van der Waals surface area (Å²) in [7, 11) is 0. The highest BCUT2D eigenvalue weighted by Gasteiger charge is 2.05. The Balaban J connectivity index is 1.76. The number of nitrogens with zero attached hydrogens (tertiary/aromatic N) is 3. The van der Waals surface area contributed by atoms with Crippen molar-refractivity contribution in [2.24, 2.45) is 5.10 Å². The molecule has 7 heteroatoms. The minimum absolute atomic E-state index is 0.0981. The molecule has 0 aliphatic rings. The Bertz CT molecular complexity index is 959. The Morgan fingerprint density at radius 2 is 1.93 bits per heavy atom. The molecule has 1 aromatic heterocycles. The van der Waals surface area contributed by atoms with E-state index in [1.54, 1.807) is 24.3 Å². The number of phenols is 1. The number of benzene rings is 2. The van der Waals surface area contributed by atoms with Crippen LogP contribution in [0.1, 0.15) is 18.2 Å². The third-order valence-corrected chi connectivity index (χ3v) is 4.18. The number of ether oxygens (including phenoxy) is 1. The van der Waals surface area contributed by atoms with Crippen molar-refractivity contribution >= 4 is 28.0 Å². The fourth-order valence-corrected chi connectivity index (χ4v) is 2.68. The van der Waals surface area contributed by atoms with Gasteiger partial charge < -0.3 is 9.84 Å². The van der Waals surface area contributed by atoms with Gasteiger partial charge in [-0.3, -0.25) is 5.43 Å². The van der Waals surface area contributed by atoms with Crippen LogP contribution in [-0.2, 0) is 0 Å². The third-order valence-electron chi connectivity index (χ3n) is 3.65. The van der Waals surface area contributed by atoms with Crippen LogP contribution in [0, 0.1) is 6.92 Å². The molecule has 0 bridgehead atoms. The molecule has 3 rings (SSSR count). The lowest BCUT2D eigenvalue weighted by Crippen LogP contribution is -1.99. The maximum Gasteiger partial charge on any atom is 0.161 e. The Morgan fingerprint density at radius 3 is 2.63 bits per heavy atom. The van der Waals surface area contributed by atoms with Crippen LogP contribution in [0.3, 0.4) is 0 Å². The molecule has 2 N–H and O–H groups in total. The van der Waals surface area contributed by atoms with Gasteiger partial charge in [-0.05, 0) is 38.1 Å². The molecule has 0 fully saturated rings. The van der Waals surface area contributed by atoms with Gasteiger partial charge in [-0.1, -0.05) is 28.1 Å². The summed E-state index contributed by atoms with van der Waals surface area (Å²) in [4.78, 5) is 8.96. The summed E-state index contributed by atoms with van der Waals surface area (Å²) >= 11 is 3.42. The molecule has 2 aromatic carbocycles. The van der Waals surface area contributed by atoms with Gasteiger partial charge in [0.15, 0.2) is 11.6 Å². The first-order chi connectivity index (χ1) is 13.0. The Kier molecular flexibility index (Phi) is 6.03. The number of nitrogens with one attached hydrogen (secondary N) is 1. The number of aryl methyl sites for hydroxylation is 1. The topological polar surface area (TPSA) is 79.6 Å². The zero-order chi connectivity index (χ0) is 19.2. The van der Waals surface area contributed by atoms with Gasteiger partial charge in [0.1, 0.15) is 11.5 Å². The normalized spacial score (nSPS) is 10.9. The fourth-order valence-electron chi connectivity index (χ4n) is 2.41. The highest BCUT2D eigenvalue weighted by Crippen LogP contribution is 2.23. The Hall–Kier alpha value is -2.93. The van der Waals surface area contributed by atoms with Crippen molar-refractivity contribution in [2.45, 2.75) is 13.8 Å². The van der Waals surface area contributed by atoms with Crippen molar-refractivity contribution in [2.75, 3.05) is 12.0 Å². The summed E-state index contributed by atoms with van der Waals surface area (Å²) < 4.78 is 6.35. The average Bonchev–Trinajstić information content (AvgIpc) is 2.64. The van der Waals surface area contributed by atoms with Crippen molar-refractivity contribution in [1.82, 2.24) is 9.97 Å². The minimum Gasteiger partial charge on any atom is -0.507 e. The Morgan fingerprint density at radius 1 is 1.15 bits per heavy atom. The number of hydrogen-bond donors (Lipinski definition) is 2. The fraction of sp³-hybridized carbons (Fsp3) is 0.150. The van der Waals surface area contributed by atoms with Crippen LogP contribution < -0.4 is 10.2 Å². The van der Waals surface area contributed by atoms with Gasteiger partial charge >= 0.3 is 0 Å².